The minimum absolute atomic E-state index is 0.173. The normalized spacial score (nSPS) is 10.1. The molecule has 18 heavy (non-hydrogen) atoms. The molecule has 0 spiro atoms. The van der Waals surface area contributed by atoms with Gasteiger partial charge in [0, 0.05) is 12.0 Å². The molecule has 2 rings (SSSR count). The molecular formula is C16H16O2. The minimum Gasteiger partial charge on any atom is -0.497 e. The largest absolute Gasteiger partial charge is 0.497 e. The third-order valence-corrected chi connectivity index (χ3v) is 2.93. The molecule has 0 bridgehead atoms. The highest BCUT2D eigenvalue weighted by atomic mass is 16.5. The van der Waals surface area contributed by atoms with Crippen molar-refractivity contribution in [2.75, 3.05) is 7.11 Å². The summed E-state index contributed by atoms with van der Waals surface area (Å²) in [5, 5.41) is 0. The third-order valence-electron chi connectivity index (χ3n) is 2.93. The number of carbonyl (C=O) groups is 1. The van der Waals surface area contributed by atoms with E-state index in [1.165, 1.54) is 0 Å². The lowest BCUT2D eigenvalue weighted by Gasteiger charge is -2.05. The van der Waals surface area contributed by atoms with Crippen molar-refractivity contribution in [3.63, 3.8) is 0 Å². The summed E-state index contributed by atoms with van der Waals surface area (Å²) in [6, 6.07) is 15.6. The quantitative estimate of drug-likeness (QED) is 0.756. The van der Waals surface area contributed by atoms with Crippen molar-refractivity contribution in [1.82, 2.24) is 0 Å². The summed E-state index contributed by atoms with van der Waals surface area (Å²) in [4.78, 5) is 11.5. The number of carbonyl (C=O) groups excluding carboxylic acids is 1. The molecule has 0 aliphatic carbocycles. The van der Waals surface area contributed by atoms with Gasteiger partial charge in [0.2, 0.25) is 0 Å². The second-order valence-electron chi connectivity index (χ2n) is 4.09. The van der Waals surface area contributed by atoms with Gasteiger partial charge in [0.15, 0.2) is 5.78 Å². The molecule has 0 unspecified atom stereocenters. The number of methoxy groups -OCH3 is 1. The van der Waals surface area contributed by atoms with Crippen LogP contribution in [0.4, 0.5) is 0 Å². The highest BCUT2D eigenvalue weighted by Crippen LogP contribution is 2.24. The smallest absolute Gasteiger partial charge is 0.162 e. The minimum atomic E-state index is 0.173. The van der Waals surface area contributed by atoms with Crippen LogP contribution in [0.15, 0.2) is 48.5 Å². The number of benzene rings is 2. The van der Waals surface area contributed by atoms with Crippen LogP contribution in [0.1, 0.15) is 23.7 Å². The van der Waals surface area contributed by atoms with E-state index in [-0.39, 0.29) is 5.78 Å². The van der Waals surface area contributed by atoms with E-state index in [1.54, 1.807) is 7.11 Å². The first-order valence-corrected chi connectivity index (χ1v) is 6.02. The van der Waals surface area contributed by atoms with Crippen molar-refractivity contribution in [3.8, 4) is 16.9 Å². The van der Waals surface area contributed by atoms with Gasteiger partial charge in [-0.25, -0.2) is 0 Å². The molecule has 2 nitrogen and oxygen atoms in total. The van der Waals surface area contributed by atoms with Gasteiger partial charge >= 0.3 is 0 Å². The van der Waals surface area contributed by atoms with E-state index in [1.807, 2.05) is 55.5 Å². The molecule has 0 atom stereocenters. The van der Waals surface area contributed by atoms with E-state index in [2.05, 4.69) is 0 Å². The van der Waals surface area contributed by atoms with Crippen LogP contribution in [0.2, 0.25) is 0 Å². The fourth-order valence-corrected chi connectivity index (χ4v) is 1.86. The first-order valence-electron chi connectivity index (χ1n) is 6.02. The summed E-state index contributed by atoms with van der Waals surface area (Å²) in [7, 11) is 1.65. The molecule has 0 aliphatic heterocycles. The molecule has 0 fully saturated rings. The SMILES string of the molecule is CCC(=O)c1ccc(-c2cccc(OC)c2)cc1. The van der Waals surface area contributed by atoms with Gasteiger partial charge in [0.05, 0.1) is 7.11 Å². The van der Waals surface area contributed by atoms with Crippen LogP contribution >= 0.6 is 0 Å². The van der Waals surface area contributed by atoms with E-state index in [4.69, 9.17) is 4.74 Å². The summed E-state index contributed by atoms with van der Waals surface area (Å²) in [6.45, 7) is 1.87. The lowest BCUT2D eigenvalue weighted by atomic mass is 10.0. The van der Waals surface area contributed by atoms with Gasteiger partial charge < -0.3 is 4.74 Å². The topological polar surface area (TPSA) is 26.3 Å². The lowest BCUT2D eigenvalue weighted by Crippen LogP contribution is -1.95. The molecule has 92 valence electrons. The summed E-state index contributed by atoms with van der Waals surface area (Å²) in [6.07, 6.45) is 0.540. The first-order chi connectivity index (χ1) is 8.74. The first kappa shape index (κ1) is 12.4. The molecule has 0 N–H and O–H groups in total. The zero-order valence-corrected chi connectivity index (χ0v) is 10.6. The average molecular weight is 240 g/mol. The summed E-state index contributed by atoms with van der Waals surface area (Å²) >= 11 is 0. The average Bonchev–Trinajstić information content (AvgIpc) is 2.46. The fraction of sp³-hybridized carbons (Fsp3) is 0.188. The van der Waals surface area contributed by atoms with Crippen molar-refractivity contribution in [3.05, 3.63) is 54.1 Å². The Hall–Kier alpha value is -2.09. The zero-order valence-electron chi connectivity index (χ0n) is 10.6. The van der Waals surface area contributed by atoms with Gasteiger partial charge in [-0.1, -0.05) is 43.3 Å². The monoisotopic (exact) mass is 240 g/mol. The Kier molecular flexibility index (Phi) is 3.78. The highest BCUT2D eigenvalue weighted by molar-refractivity contribution is 5.96. The Morgan fingerprint density at radius 2 is 1.78 bits per heavy atom. The maximum absolute atomic E-state index is 11.5. The molecule has 0 amide bonds. The van der Waals surface area contributed by atoms with E-state index in [0.717, 1.165) is 22.4 Å². The number of ether oxygens (including phenoxy) is 1. The predicted molar refractivity (Wildman–Crippen MR) is 73.1 cm³/mol. The standard InChI is InChI=1S/C16H16O2/c1-3-16(17)13-9-7-12(8-10-13)14-5-4-6-15(11-14)18-2/h4-11H,3H2,1-2H3. The van der Waals surface area contributed by atoms with Crippen LogP contribution in [0.3, 0.4) is 0 Å². The van der Waals surface area contributed by atoms with Gasteiger partial charge in [-0.2, -0.15) is 0 Å². The van der Waals surface area contributed by atoms with E-state index >= 15 is 0 Å². The summed E-state index contributed by atoms with van der Waals surface area (Å²) < 4.78 is 5.20. The second-order valence-corrected chi connectivity index (χ2v) is 4.09. The second kappa shape index (κ2) is 5.50. The van der Waals surface area contributed by atoms with Crippen molar-refractivity contribution in [2.45, 2.75) is 13.3 Å². The van der Waals surface area contributed by atoms with Gasteiger partial charge in [0.25, 0.3) is 0 Å². The molecule has 0 heterocycles. The van der Waals surface area contributed by atoms with E-state index in [9.17, 15) is 4.79 Å². The van der Waals surface area contributed by atoms with Gasteiger partial charge in [-0.05, 0) is 23.3 Å². The molecule has 0 saturated heterocycles. The maximum Gasteiger partial charge on any atom is 0.162 e. The van der Waals surface area contributed by atoms with Crippen LogP contribution in [-0.2, 0) is 0 Å². The van der Waals surface area contributed by atoms with Crippen LogP contribution < -0.4 is 4.74 Å². The Morgan fingerprint density at radius 3 is 2.39 bits per heavy atom. The molecule has 2 heteroatoms. The van der Waals surface area contributed by atoms with Crippen LogP contribution in [-0.4, -0.2) is 12.9 Å². The maximum atomic E-state index is 11.5. The van der Waals surface area contributed by atoms with Gasteiger partial charge in [-0.15, -0.1) is 0 Å². The van der Waals surface area contributed by atoms with Gasteiger partial charge in [-0.3, -0.25) is 4.79 Å². The van der Waals surface area contributed by atoms with Crippen molar-refractivity contribution < 1.29 is 9.53 Å². The van der Waals surface area contributed by atoms with Gasteiger partial charge in [0.1, 0.15) is 5.75 Å². The summed E-state index contributed by atoms with van der Waals surface area (Å²) in [5.74, 6) is 1.01. The van der Waals surface area contributed by atoms with E-state index < -0.39 is 0 Å². The Labute approximate surface area is 107 Å². The van der Waals surface area contributed by atoms with Crippen LogP contribution in [0.25, 0.3) is 11.1 Å². The van der Waals surface area contributed by atoms with Crippen molar-refractivity contribution >= 4 is 5.78 Å². The number of rotatable bonds is 4. The molecule has 0 saturated carbocycles. The number of hydrogen-bond acceptors (Lipinski definition) is 2. The highest BCUT2D eigenvalue weighted by Gasteiger charge is 2.04. The summed E-state index contributed by atoms with van der Waals surface area (Å²) in [5.41, 5.74) is 2.94. The Bertz CT molecular complexity index is 541. The van der Waals surface area contributed by atoms with E-state index in [0.29, 0.717) is 6.42 Å². The number of ketones is 1. The fourth-order valence-electron chi connectivity index (χ4n) is 1.86. The predicted octanol–water partition coefficient (Wildman–Crippen LogP) is 3.95. The Balaban J connectivity index is 2.31. The third kappa shape index (κ3) is 2.59. The molecule has 2 aromatic carbocycles. The van der Waals surface area contributed by atoms with Crippen molar-refractivity contribution in [1.29, 1.82) is 0 Å². The molecule has 2 aromatic rings. The molecule has 0 radical (unpaired) electrons. The molecule has 0 aromatic heterocycles. The van der Waals surface area contributed by atoms with Crippen LogP contribution in [0.5, 0.6) is 5.75 Å². The molecular weight excluding hydrogens is 224 g/mol. The van der Waals surface area contributed by atoms with Crippen molar-refractivity contribution in [2.24, 2.45) is 0 Å². The lowest BCUT2D eigenvalue weighted by molar-refractivity contribution is 0.0988. The number of Topliss-reactive ketones (excluding diaryl/α,β-unsaturated/α-hetero) is 1. The molecule has 0 aliphatic rings. The van der Waals surface area contributed by atoms with Crippen LogP contribution in [0, 0.1) is 0 Å². The number of hydrogen-bond donors (Lipinski definition) is 0. The Morgan fingerprint density at radius 1 is 1.06 bits per heavy atom. The zero-order chi connectivity index (χ0) is 13.0.